The Bertz CT molecular complexity index is 773. The molecule has 1 aliphatic carbocycles. The minimum Gasteiger partial charge on any atom is -0.478 e. The fourth-order valence-corrected chi connectivity index (χ4v) is 2.90. The molecule has 0 radical (unpaired) electrons. The van der Waals surface area contributed by atoms with Crippen LogP contribution in [0.3, 0.4) is 0 Å². The van der Waals surface area contributed by atoms with Gasteiger partial charge < -0.3 is 10.4 Å². The van der Waals surface area contributed by atoms with Crippen LogP contribution >= 0.6 is 0 Å². The van der Waals surface area contributed by atoms with Crippen molar-refractivity contribution in [2.45, 2.75) is 32.2 Å². The Morgan fingerprint density at radius 2 is 2.00 bits per heavy atom. The average molecular weight is 311 g/mol. The topological polar surface area (TPSA) is 92.2 Å². The zero-order chi connectivity index (χ0) is 16.4. The van der Waals surface area contributed by atoms with Gasteiger partial charge in [0.2, 0.25) is 0 Å². The summed E-state index contributed by atoms with van der Waals surface area (Å²) < 4.78 is 0. The second kappa shape index (κ2) is 6.16. The van der Waals surface area contributed by atoms with Gasteiger partial charge in [0.15, 0.2) is 0 Å². The monoisotopic (exact) mass is 311 g/mol. The van der Waals surface area contributed by atoms with Crippen LogP contribution < -0.4 is 5.32 Å². The van der Waals surface area contributed by atoms with Gasteiger partial charge >= 0.3 is 5.97 Å². The van der Waals surface area contributed by atoms with Crippen LogP contribution in [0, 0.1) is 6.92 Å². The maximum atomic E-state index is 12.5. The van der Waals surface area contributed by atoms with Crippen LogP contribution in [-0.2, 0) is 6.42 Å². The summed E-state index contributed by atoms with van der Waals surface area (Å²) in [5.41, 5.74) is 2.05. The van der Waals surface area contributed by atoms with Crippen LogP contribution in [-0.4, -0.2) is 27.0 Å². The highest BCUT2D eigenvalue weighted by molar-refractivity contribution is 6.04. The van der Waals surface area contributed by atoms with E-state index in [0.29, 0.717) is 5.82 Å². The fourth-order valence-electron chi connectivity index (χ4n) is 2.90. The number of hydrogen-bond acceptors (Lipinski definition) is 4. The van der Waals surface area contributed by atoms with Crippen LogP contribution in [0.25, 0.3) is 0 Å². The molecule has 0 saturated carbocycles. The standard InChI is InChI=1S/C17H17N3O3/c1-10-18-9-13-14(19-10)7-4-8-15(13)20-16(21)11-5-2-3-6-12(11)17(22)23/h2-3,5-6,9,15H,4,7-8H2,1H3,(H,20,21)(H,22,23)/t15-/m0/s1. The van der Waals surface area contributed by atoms with Crippen molar-refractivity contribution in [1.29, 1.82) is 0 Å². The van der Waals surface area contributed by atoms with E-state index in [1.165, 1.54) is 12.1 Å². The van der Waals surface area contributed by atoms with Crippen LogP contribution in [0.1, 0.15) is 56.7 Å². The smallest absolute Gasteiger partial charge is 0.336 e. The van der Waals surface area contributed by atoms with Crippen LogP contribution in [0.4, 0.5) is 0 Å². The Morgan fingerprint density at radius 1 is 1.26 bits per heavy atom. The predicted octanol–water partition coefficient (Wildman–Crippen LogP) is 2.29. The van der Waals surface area contributed by atoms with Gasteiger partial charge in [-0.15, -0.1) is 0 Å². The number of nitrogens with zero attached hydrogens (tertiary/aromatic N) is 2. The van der Waals surface area contributed by atoms with Crippen molar-refractivity contribution in [3.05, 3.63) is 58.7 Å². The molecule has 2 N–H and O–H groups in total. The molecule has 23 heavy (non-hydrogen) atoms. The second-order valence-electron chi connectivity index (χ2n) is 5.59. The molecule has 0 fully saturated rings. The molecule has 1 heterocycles. The lowest BCUT2D eigenvalue weighted by Gasteiger charge is -2.25. The third-order valence-corrected chi connectivity index (χ3v) is 4.01. The quantitative estimate of drug-likeness (QED) is 0.907. The molecule has 3 rings (SSSR count). The Hall–Kier alpha value is -2.76. The molecule has 118 valence electrons. The zero-order valence-electron chi connectivity index (χ0n) is 12.7. The summed E-state index contributed by atoms with van der Waals surface area (Å²) in [5, 5.41) is 12.1. The van der Waals surface area contributed by atoms with Crippen LogP contribution in [0.5, 0.6) is 0 Å². The van der Waals surface area contributed by atoms with Gasteiger partial charge in [-0.1, -0.05) is 12.1 Å². The van der Waals surface area contributed by atoms with E-state index in [-0.39, 0.29) is 23.1 Å². The van der Waals surface area contributed by atoms with Gasteiger partial charge in [0.25, 0.3) is 5.91 Å². The number of carbonyl (C=O) groups excluding carboxylic acids is 1. The molecule has 2 aromatic rings. The number of aryl methyl sites for hydroxylation is 2. The number of hydrogen-bond donors (Lipinski definition) is 2. The number of carbonyl (C=O) groups is 2. The van der Waals surface area contributed by atoms with Gasteiger partial charge in [-0.05, 0) is 38.3 Å². The van der Waals surface area contributed by atoms with E-state index < -0.39 is 5.97 Å². The largest absolute Gasteiger partial charge is 0.478 e. The molecule has 0 spiro atoms. The Labute approximate surface area is 133 Å². The van der Waals surface area contributed by atoms with E-state index in [9.17, 15) is 14.7 Å². The molecule has 0 aliphatic heterocycles. The van der Waals surface area contributed by atoms with E-state index in [1.807, 2.05) is 6.92 Å². The zero-order valence-corrected chi connectivity index (χ0v) is 12.7. The third-order valence-electron chi connectivity index (χ3n) is 4.01. The number of benzene rings is 1. The van der Waals surface area contributed by atoms with Crippen molar-refractivity contribution < 1.29 is 14.7 Å². The number of carboxylic acid groups (broad SMARTS) is 1. The number of rotatable bonds is 3. The van der Waals surface area contributed by atoms with E-state index >= 15 is 0 Å². The summed E-state index contributed by atoms with van der Waals surface area (Å²) in [6.45, 7) is 1.84. The van der Waals surface area contributed by atoms with Gasteiger partial charge in [0.05, 0.1) is 17.2 Å². The minimum absolute atomic E-state index is 0.00110. The van der Waals surface area contributed by atoms with Gasteiger partial charge in [0, 0.05) is 17.5 Å². The van der Waals surface area contributed by atoms with E-state index in [4.69, 9.17) is 0 Å². The van der Waals surface area contributed by atoms with Crippen molar-refractivity contribution in [2.24, 2.45) is 0 Å². The highest BCUT2D eigenvalue weighted by Gasteiger charge is 2.25. The fraction of sp³-hybridized carbons (Fsp3) is 0.294. The molecule has 0 bridgehead atoms. The van der Waals surface area contributed by atoms with Crippen molar-refractivity contribution >= 4 is 11.9 Å². The van der Waals surface area contributed by atoms with E-state index in [2.05, 4.69) is 15.3 Å². The molecule has 1 amide bonds. The summed E-state index contributed by atoms with van der Waals surface area (Å²) in [4.78, 5) is 32.4. The molecule has 0 saturated heterocycles. The van der Waals surface area contributed by atoms with Crippen molar-refractivity contribution in [1.82, 2.24) is 15.3 Å². The van der Waals surface area contributed by atoms with Crippen LogP contribution in [0.15, 0.2) is 30.5 Å². The lowest BCUT2D eigenvalue weighted by molar-refractivity contribution is 0.0690. The Balaban J connectivity index is 1.87. The van der Waals surface area contributed by atoms with E-state index in [0.717, 1.165) is 30.5 Å². The number of amides is 1. The van der Waals surface area contributed by atoms with Gasteiger partial charge in [0.1, 0.15) is 5.82 Å². The minimum atomic E-state index is -1.11. The number of aromatic carboxylic acids is 1. The first kappa shape index (κ1) is 15.1. The Morgan fingerprint density at radius 3 is 2.74 bits per heavy atom. The first-order valence-corrected chi connectivity index (χ1v) is 7.52. The second-order valence-corrected chi connectivity index (χ2v) is 5.59. The molecular formula is C17H17N3O3. The van der Waals surface area contributed by atoms with Crippen molar-refractivity contribution in [3.8, 4) is 0 Å². The predicted molar refractivity (Wildman–Crippen MR) is 83.3 cm³/mol. The summed E-state index contributed by atoms with van der Waals surface area (Å²) in [7, 11) is 0. The highest BCUT2D eigenvalue weighted by Crippen LogP contribution is 2.28. The molecule has 1 aliphatic rings. The summed E-state index contributed by atoms with van der Waals surface area (Å²) in [6.07, 6.45) is 4.34. The first-order valence-electron chi connectivity index (χ1n) is 7.52. The lowest BCUT2D eigenvalue weighted by Crippen LogP contribution is -2.32. The highest BCUT2D eigenvalue weighted by atomic mass is 16.4. The van der Waals surface area contributed by atoms with Gasteiger partial charge in [-0.3, -0.25) is 4.79 Å². The number of nitrogens with one attached hydrogen (secondary N) is 1. The summed E-state index contributed by atoms with van der Waals surface area (Å²) >= 11 is 0. The van der Waals surface area contributed by atoms with Gasteiger partial charge in [-0.25, -0.2) is 14.8 Å². The summed E-state index contributed by atoms with van der Waals surface area (Å²) in [6, 6.07) is 6.02. The average Bonchev–Trinajstić information content (AvgIpc) is 2.54. The summed E-state index contributed by atoms with van der Waals surface area (Å²) in [5.74, 6) is -0.785. The molecule has 1 aromatic heterocycles. The SMILES string of the molecule is Cc1ncc2c(n1)CCC[C@@H]2NC(=O)c1ccccc1C(=O)O. The molecular weight excluding hydrogens is 294 g/mol. The van der Waals surface area contributed by atoms with E-state index in [1.54, 1.807) is 18.3 Å². The molecule has 1 aromatic carbocycles. The van der Waals surface area contributed by atoms with Crippen LogP contribution in [0.2, 0.25) is 0 Å². The van der Waals surface area contributed by atoms with Crippen molar-refractivity contribution in [2.75, 3.05) is 0 Å². The molecule has 1 atom stereocenters. The maximum absolute atomic E-state index is 12.5. The lowest BCUT2D eigenvalue weighted by atomic mass is 9.92. The normalized spacial score (nSPS) is 16.5. The first-order chi connectivity index (χ1) is 11.1. The third kappa shape index (κ3) is 3.06. The van der Waals surface area contributed by atoms with Gasteiger partial charge in [-0.2, -0.15) is 0 Å². The number of carboxylic acids is 1. The van der Waals surface area contributed by atoms with Crippen molar-refractivity contribution in [3.63, 3.8) is 0 Å². The number of aromatic nitrogens is 2. The molecule has 6 heteroatoms. The maximum Gasteiger partial charge on any atom is 0.336 e. The Kier molecular flexibility index (Phi) is 4.06. The molecule has 0 unspecified atom stereocenters. The number of fused-ring (bicyclic) bond motifs is 1. The molecule has 6 nitrogen and oxygen atoms in total.